The van der Waals surface area contributed by atoms with Crippen molar-refractivity contribution in [3.8, 4) is 0 Å². The highest BCUT2D eigenvalue weighted by Gasteiger charge is 2.36. The quantitative estimate of drug-likeness (QED) is 0.643. The monoisotopic (exact) mass is 288 g/mol. The number of nitrogens with zero attached hydrogens (tertiary/aromatic N) is 2. The standard InChI is InChI=1S/C14H9ClN2O3/c15-12-6-5-9(7-16-12)8-20-17-13(18)10-3-1-2-4-11(10)14(17)19/h1-7H,8H2. The van der Waals surface area contributed by atoms with Gasteiger partial charge in [0.15, 0.2) is 0 Å². The first kappa shape index (κ1) is 12.8. The van der Waals surface area contributed by atoms with Crippen LogP contribution in [0, 0.1) is 0 Å². The first-order valence-corrected chi connectivity index (χ1v) is 6.26. The lowest BCUT2D eigenvalue weighted by atomic mass is 10.1. The predicted octanol–water partition coefficient (Wildman–Crippen LogP) is 2.46. The molecule has 1 aliphatic heterocycles. The fourth-order valence-electron chi connectivity index (χ4n) is 1.92. The molecule has 0 radical (unpaired) electrons. The van der Waals surface area contributed by atoms with E-state index in [1.54, 1.807) is 36.4 Å². The van der Waals surface area contributed by atoms with Crippen molar-refractivity contribution in [2.75, 3.05) is 0 Å². The van der Waals surface area contributed by atoms with Gasteiger partial charge in [-0.25, -0.2) is 4.98 Å². The van der Waals surface area contributed by atoms with Crippen molar-refractivity contribution in [1.29, 1.82) is 0 Å². The van der Waals surface area contributed by atoms with E-state index in [-0.39, 0.29) is 6.61 Å². The SMILES string of the molecule is O=C1c2ccccc2C(=O)N1OCc1ccc(Cl)nc1. The Labute approximate surface area is 119 Å². The maximum atomic E-state index is 12.0. The van der Waals surface area contributed by atoms with Crippen LogP contribution in [0.3, 0.4) is 0 Å². The molecule has 1 aliphatic rings. The first-order chi connectivity index (χ1) is 9.66. The molecule has 0 bridgehead atoms. The normalized spacial score (nSPS) is 13.8. The van der Waals surface area contributed by atoms with E-state index in [4.69, 9.17) is 16.4 Å². The summed E-state index contributed by atoms with van der Waals surface area (Å²) in [6.07, 6.45) is 1.53. The van der Waals surface area contributed by atoms with E-state index in [0.717, 1.165) is 5.06 Å². The summed E-state index contributed by atoms with van der Waals surface area (Å²) in [7, 11) is 0. The molecule has 100 valence electrons. The molecule has 0 saturated heterocycles. The van der Waals surface area contributed by atoms with Gasteiger partial charge in [0, 0.05) is 6.20 Å². The molecule has 1 aromatic carbocycles. The Hall–Kier alpha value is -2.24. The molecule has 0 fully saturated rings. The van der Waals surface area contributed by atoms with Crippen LogP contribution in [0.1, 0.15) is 26.3 Å². The molecular weight excluding hydrogens is 280 g/mol. The Bertz CT molecular complexity index is 650. The lowest BCUT2D eigenvalue weighted by Gasteiger charge is -2.13. The van der Waals surface area contributed by atoms with Gasteiger partial charge in [-0.2, -0.15) is 0 Å². The Morgan fingerprint density at radius 1 is 1.05 bits per heavy atom. The minimum Gasteiger partial charge on any atom is -0.266 e. The van der Waals surface area contributed by atoms with E-state index >= 15 is 0 Å². The second kappa shape index (κ2) is 5.03. The van der Waals surface area contributed by atoms with Gasteiger partial charge < -0.3 is 0 Å². The molecule has 2 aromatic rings. The van der Waals surface area contributed by atoms with Crippen molar-refractivity contribution in [3.05, 3.63) is 64.4 Å². The van der Waals surface area contributed by atoms with Gasteiger partial charge in [-0.1, -0.05) is 29.8 Å². The maximum Gasteiger partial charge on any atom is 0.285 e. The van der Waals surface area contributed by atoms with Gasteiger partial charge >= 0.3 is 0 Å². The third-order valence-electron chi connectivity index (χ3n) is 2.91. The second-order valence-corrected chi connectivity index (χ2v) is 4.60. The van der Waals surface area contributed by atoms with E-state index in [2.05, 4.69) is 4.98 Å². The molecule has 0 saturated carbocycles. The predicted molar refractivity (Wildman–Crippen MR) is 71.0 cm³/mol. The third-order valence-corrected chi connectivity index (χ3v) is 3.13. The molecule has 0 N–H and O–H groups in total. The van der Waals surface area contributed by atoms with Crippen LogP contribution < -0.4 is 0 Å². The third kappa shape index (κ3) is 2.17. The number of pyridine rings is 1. The van der Waals surface area contributed by atoms with Gasteiger partial charge in [0.25, 0.3) is 11.8 Å². The minimum atomic E-state index is -0.451. The average molecular weight is 289 g/mol. The van der Waals surface area contributed by atoms with Crippen LogP contribution in [0.5, 0.6) is 0 Å². The summed E-state index contributed by atoms with van der Waals surface area (Å²) in [6.45, 7) is 0.0651. The summed E-state index contributed by atoms with van der Waals surface area (Å²) < 4.78 is 0. The molecule has 2 heterocycles. The highest BCUT2D eigenvalue weighted by atomic mass is 35.5. The summed E-state index contributed by atoms with van der Waals surface area (Å²) >= 11 is 5.68. The number of imide groups is 1. The second-order valence-electron chi connectivity index (χ2n) is 4.21. The molecule has 0 unspecified atom stereocenters. The van der Waals surface area contributed by atoms with Gasteiger partial charge in [-0.15, -0.1) is 5.06 Å². The first-order valence-electron chi connectivity index (χ1n) is 5.88. The van der Waals surface area contributed by atoms with E-state index in [1.807, 2.05) is 0 Å². The molecular formula is C14H9ClN2O3. The smallest absolute Gasteiger partial charge is 0.266 e. The van der Waals surface area contributed by atoms with Crippen molar-refractivity contribution in [2.45, 2.75) is 6.61 Å². The van der Waals surface area contributed by atoms with Crippen LogP contribution in [0.25, 0.3) is 0 Å². The number of aromatic nitrogens is 1. The van der Waals surface area contributed by atoms with Crippen LogP contribution in [0.4, 0.5) is 0 Å². The average Bonchev–Trinajstić information content (AvgIpc) is 2.71. The number of hydroxylamine groups is 2. The molecule has 0 aliphatic carbocycles. The van der Waals surface area contributed by atoms with Gasteiger partial charge in [-0.05, 0) is 23.8 Å². The maximum absolute atomic E-state index is 12.0. The number of carbonyl (C=O) groups excluding carboxylic acids is 2. The Morgan fingerprint density at radius 2 is 1.70 bits per heavy atom. The zero-order valence-corrected chi connectivity index (χ0v) is 11.0. The highest BCUT2D eigenvalue weighted by molar-refractivity contribution is 6.29. The molecule has 2 amide bonds. The van der Waals surface area contributed by atoms with Crippen molar-refractivity contribution in [1.82, 2.24) is 10.0 Å². The summed E-state index contributed by atoms with van der Waals surface area (Å²) in [5.41, 5.74) is 1.42. The summed E-state index contributed by atoms with van der Waals surface area (Å²) in [4.78, 5) is 33.2. The van der Waals surface area contributed by atoms with Gasteiger partial charge in [0.1, 0.15) is 11.8 Å². The molecule has 5 nitrogen and oxygen atoms in total. The Balaban J connectivity index is 1.75. The van der Waals surface area contributed by atoms with Crippen molar-refractivity contribution in [3.63, 3.8) is 0 Å². The molecule has 0 atom stereocenters. The number of fused-ring (bicyclic) bond motifs is 1. The summed E-state index contributed by atoms with van der Waals surface area (Å²) in [6, 6.07) is 9.94. The van der Waals surface area contributed by atoms with Gasteiger partial charge in [0.05, 0.1) is 11.1 Å². The molecule has 6 heteroatoms. The fraction of sp³-hybridized carbons (Fsp3) is 0.0714. The number of carbonyl (C=O) groups is 2. The molecule has 1 aromatic heterocycles. The number of halogens is 1. The van der Waals surface area contributed by atoms with Crippen LogP contribution in [0.15, 0.2) is 42.6 Å². The Kier molecular flexibility index (Phi) is 3.22. The Morgan fingerprint density at radius 3 is 2.25 bits per heavy atom. The van der Waals surface area contributed by atoms with Gasteiger partial charge in [0.2, 0.25) is 0 Å². The number of rotatable bonds is 3. The number of amides is 2. The van der Waals surface area contributed by atoms with Crippen LogP contribution >= 0.6 is 11.6 Å². The summed E-state index contributed by atoms with van der Waals surface area (Å²) in [5, 5.41) is 1.15. The summed E-state index contributed by atoms with van der Waals surface area (Å²) in [5.74, 6) is -0.903. The van der Waals surface area contributed by atoms with E-state index in [0.29, 0.717) is 21.8 Å². The van der Waals surface area contributed by atoms with Crippen LogP contribution in [0.2, 0.25) is 5.15 Å². The van der Waals surface area contributed by atoms with Crippen LogP contribution in [-0.4, -0.2) is 21.9 Å². The lowest BCUT2D eigenvalue weighted by Crippen LogP contribution is -2.29. The molecule has 20 heavy (non-hydrogen) atoms. The van der Waals surface area contributed by atoms with Gasteiger partial charge in [-0.3, -0.25) is 14.4 Å². The number of hydrogen-bond acceptors (Lipinski definition) is 4. The van der Waals surface area contributed by atoms with Crippen molar-refractivity contribution < 1.29 is 14.4 Å². The van der Waals surface area contributed by atoms with Crippen molar-refractivity contribution in [2.24, 2.45) is 0 Å². The topological polar surface area (TPSA) is 59.5 Å². The zero-order chi connectivity index (χ0) is 14.1. The van der Waals surface area contributed by atoms with E-state index in [9.17, 15) is 9.59 Å². The zero-order valence-electron chi connectivity index (χ0n) is 10.2. The highest BCUT2D eigenvalue weighted by Crippen LogP contribution is 2.23. The lowest BCUT2D eigenvalue weighted by molar-refractivity contribution is -0.101. The van der Waals surface area contributed by atoms with Crippen LogP contribution in [-0.2, 0) is 11.4 Å². The van der Waals surface area contributed by atoms with Crippen molar-refractivity contribution >= 4 is 23.4 Å². The van der Waals surface area contributed by atoms with E-state index < -0.39 is 11.8 Å². The molecule has 0 spiro atoms. The number of hydrogen-bond donors (Lipinski definition) is 0. The largest absolute Gasteiger partial charge is 0.285 e. The number of benzene rings is 1. The molecule has 3 rings (SSSR count). The van der Waals surface area contributed by atoms with E-state index in [1.165, 1.54) is 6.20 Å². The minimum absolute atomic E-state index is 0.0651. The fourth-order valence-corrected chi connectivity index (χ4v) is 2.03.